The standard InChI is InChI=1S/C17H21N3/c18-12-17(15-7-9-19-10-8-15)20-11-3-6-14-4-1-2-5-16(14)13-20/h1-2,4-5,7-10,17H,3,6,11-13,18H2. The van der Waals surface area contributed by atoms with Crippen LogP contribution < -0.4 is 5.73 Å². The van der Waals surface area contributed by atoms with Gasteiger partial charge in [0.2, 0.25) is 0 Å². The van der Waals surface area contributed by atoms with Gasteiger partial charge >= 0.3 is 0 Å². The highest BCUT2D eigenvalue weighted by molar-refractivity contribution is 5.28. The maximum atomic E-state index is 6.04. The minimum absolute atomic E-state index is 0.282. The third-order valence-electron chi connectivity index (χ3n) is 4.14. The van der Waals surface area contributed by atoms with Crippen molar-refractivity contribution in [1.82, 2.24) is 9.88 Å². The Balaban J connectivity index is 1.86. The summed E-state index contributed by atoms with van der Waals surface area (Å²) in [6, 6.07) is 13.2. The van der Waals surface area contributed by atoms with E-state index in [1.165, 1.54) is 29.5 Å². The van der Waals surface area contributed by atoms with Crippen LogP contribution in [0.1, 0.15) is 29.2 Å². The molecule has 20 heavy (non-hydrogen) atoms. The van der Waals surface area contributed by atoms with Gasteiger partial charge in [0.05, 0.1) is 0 Å². The van der Waals surface area contributed by atoms with Crippen molar-refractivity contribution in [3.8, 4) is 0 Å². The van der Waals surface area contributed by atoms with Gasteiger partial charge in [0, 0.05) is 31.5 Å². The van der Waals surface area contributed by atoms with Crippen LogP contribution in [0.2, 0.25) is 0 Å². The van der Waals surface area contributed by atoms with Gasteiger partial charge in [-0.2, -0.15) is 0 Å². The van der Waals surface area contributed by atoms with E-state index >= 15 is 0 Å². The third kappa shape index (κ3) is 2.74. The molecule has 0 spiro atoms. The van der Waals surface area contributed by atoms with E-state index in [4.69, 9.17) is 5.73 Å². The monoisotopic (exact) mass is 267 g/mol. The van der Waals surface area contributed by atoms with Crippen molar-refractivity contribution in [3.05, 3.63) is 65.5 Å². The fourth-order valence-electron chi connectivity index (χ4n) is 3.07. The fourth-order valence-corrected chi connectivity index (χ4v) is 3.07. The summed E-state index contributed by atoms with van der Waals surface area (Å²) in [6.45, 7) is 2.73. The van der Waals surface area contributed by atoms with Crippen molar-refractivity contribution in [2.24, 2.45) is 5.73 Å². The van der Waals surface area contributed by atoms with Gasteiger partial charge in [-0.15, -0.1) is 0 Å². The molecule has 3 heteroatoms. The molecule has 0 amide bonds. The molecule has 1 aromatic carbocycles. The van der Waals surface area contributed by atoms with E-state index < -0.39 is 0 Å². The number of nitrogens with zero attached hydrogens (tertiary/aromatic N) is 2. The molecule has 1 unspecified atom stereocenters. The van der Waals surface area contributed by atoms with Crippen molar-refractivity contribution in [2.75, 3.05) is 13.1 Å². The summed E-state index contributed by atoms with van der Waals surface area (Å²) in [5, 5.41) is 0. The first-order valence-electron chi connectivity index (χ1n) is 7.29. The average molecular weight is 267 g/mol. The zero-order valence-electron chi connectivity index (χ0n) is 11.7. The predicted octanol–water partition coefficient (Wildman–Crippen LogP) is 2.53. The van der Waals surface area contributed by atoms with Gasteiger partial charge < -0.3 is 5.73 Å². The minimum atomic E-state index is 0.282. The Morgan fingerprint density at radius 3 is 2.60 bits per heavy atom. The SMILES string of the molecule is NCC(c1ccncc1)N1CCCc2ccccc2C1. The highest BCUT2D eigenvalue weighted by atomic mass is 15.2. The largest absolute Gasteiger partial charge is 0.329 e. The maximum absolute atomic E-state index is 6.04. The fraction of sp³-hybridized carbons (Fsp3) is 0.353. The third-order valence-corrected chi connectivity index (χ3v) is 4.14. The van der Waals surface area contributed by atoms with Crippen molar-refractivity contribution < 1.29 is 0 Å². The Hall–Kier alpha value is -1.71. The number of hydrogen-bond acceptors (Lipinski definition) is 3. The lowest BCUT2D eigenvalue weighted by molar-refractivity contribution is 0.195. The molecule has 3 rings (SSSR count). The number of pyridine rings is 1. The molecule has 0 bridgehead atoms. The van der Waals surface area contributed by atoms with E-state index in [2.05, 4.69) is 46.3 Å². The van der Waals surface area contributed by atoms with Gasteiger partial charge in [-0.3, -0.25) is 9.88 Å². The van der Waals surface area contributed by atoms with Crippen LogP contribution in [0.15, 0.2) is 48.8 Å². The molecule has 2 heterocycles. The molecule has 0 radical (unpaired) electrons. The van der Waals surface area contributed by atoms with Crippen LogP contribution in [0.5, 0.6) is 0 Å². The summed E-state index contributed by atoms with van der Waals surface area (Å²) in [6.07, 6.45) is 6.06. The van der Waals surface area contributed by atoms with Gasteiger partial charge in [-0.05, 0) is 48.2 Å². The molecule has 0 saturated carbocycles. The molecule has 0 saturated heterocycles. The topological polar surface area (TPSA) is 42.1 Å². The molecule has 0 aliphatic carbocycles. The summed E-state index contributed by atoms with van der Waals surface area (Å²) < 4.78 is 0. The molecule has 104 valence electrons. The molecule has 1 aliphatic rings. The number of rotatable bonds is 3. The van der Waals surface area contributed by atoms with E-state index in [1.807, 2.05) is 12.4 Å². The molecule has 0 fully saturated rings. The summed E-state index contributed by atoms with van der Waals surface area (Å²) in [5.74, 6) is 0. The summed E-state index contributed by atoms with van der Waals surface area (Å²) >= 11 is 0. The zero-order chi connectivity index (χ0) is 13.8. The number of benzene rings is 1. The Labute approximate surface area is 120 Å². The second kappa shape index (κ2) is 6.16. The number of fused-ring (bicyclic) bond motifs is 1. The van der Waals surface area contributed by atoms with Crippen molar-refractivity contribution in [2.45, 2.75) is 25.4 Å². The second-order valence-electron chi connectivity index (χ2n) is 5.37. The molecule has 1 atom stereocenters. The van der Waals surface area contributed by atoms with Crippen LogP contribution in [-0.2, 0) is 13.0 Å². The van der Waals surface area contributed by atoms with Crippen molar-refractivity contribution >= 4 is 0 Å². The highest BCUT2D eigenvalue weighted by Crippen LogP contribution is 2.26. The molecular formula is C17H21N3. The van der Waals surface area contributed by atoms with Crippen LogP contribution in [0.3, 0.4) is 0 Å². The molecule has 1 aromatic heterocycles. The summed E-state index contributed by atoms with van der Waals surface area (Å²) in [5.41, 5.74) is 10.2. The first-order valence-corrected chi connectivity index (χ1v) is 7.29. The maximum Gasteiger partial charge on any atom is 0.0475 e. The quantitative estimate of drug-likeness (QED) is 0.929. The number of aryl methyl sites for hydroxylation is 1. The Bertz CT molecular complexity index is 553. The van der Waals surface area contributed by atoms with Gasteiger partial charge in [0.1, 0.15) is 0 Å². The van der Waals surface area contributed by atoms with Crippen molar-refractivity contribution in [1.29, 1.82) is 0 Å². The first-order chi connectivity index (χ1) is 9.88. The number of aromatic nitrogens is 1. The second-order valence-corrected chi connectivity index (χ2v) is 5.37. The zero-order valence-corrected chi connectivity index (χ0v) is 11.7. The van der Waals surface area contributed by atoms with Crippen LogP contribution in [0, 0.1) is 0 Å². The normalized spacial score (nSPS) is 17.2. The minimum Gasteiger partial charge on any atom is -0.329 e. The molecular weight excluding hydrogens is 246 g/mol. The van der Waals surface area contributed by atoms with E-state index in [0.717, 1.165) is 13.1 Å². The first kappa shape index (κ1) is 13.3. The lowest BCUT2D eigenvalue weighted by atomic mass is 10.0. The van der Waals surface area contributed by atoms with E-state index in [0.29, 0.717) is 6.54 Å². The lowest BCUT2D eigenvalue weighted by Crippen LogP contribution is -2.33. The molecule has 2 aromatic rings. The summed E-state index contributed by atoms with van der Waals surface area (Å²) in [7, 11) is 0. The highest BCUT2D eigenvalue weighted by Gasteiger charge is 2.22. The Morgan fingerprint density at radius 1 is 1.10 bits per heavy atom. The molecule has 1 aliphatic heterocycles. The average Bonchev–Trinajstić information content (AvgIpc) is 2.71. The van der Waals surface area contributed by atoms with Crippen LogP contribution in [-0.4, -0.2) is 23.0 Å². The molecule has 2 N–H and O–H groups in total. The van der Waals surface area contributed by atoms with Crippen LogP contribution >= 0.6 is 0 Å². The number of nitrogens with two attached hydrogens (primary N) is 1. The van der Waals surface area contributed by atoms with E-state index in [-0.39, 0.29) is 6.04 Å². The lowest BCUT2D eigenvalue weighted by Gasteiger charge is -2.30. The Kier molecular flexibility index (Phi) is 4.09. The molecule has 3 nitrogen and oxygen atoms in total. The smallest absolute Gasteiger partial charge is 0.0475 e. The van der Waals surface area contributed by atoms with Crippen LogP contribution in [0.4, 0.5) is 0 Å². The predicted molar refractivity (Wildman–Crippen MR) is 81.2 cm³/mol. The van der Waals surface area contributed by atoms with Gasteiger partial charge in [0.15, 0.2) is 0 Å². The van der Waals surface area contributed by atoms with Crippen LogP contribution in [0.25, 0.3) is 0 Å². The Morgan fingerprint density at radius 2 is 1.85 bits per heavy atom. The number of hydrogen-bond donors (Lipinski definition) is 1. The van der Waals surface area contributed by atoms with E-state index in [9.17, 15) is 0 Å². The van der Waals surface area contributed by atoms with Gasteiger partial charge in [-0.25, -0.2) is 0 Å². The van der Waals surface area contributed by atoms with Gasteiger partial charge in [-0.1, -0.05) is 24.3 Å². The van der Waals surface area contributed by atoms with Crippen molar-refractivity contribution in [3.63, 3.8) is 0 Å². The summed E-state index contributed by atoms with van der Waals surface area (Å²) in [4.78, 5) is 6.60. The van der Waals surface area contributed by atoms with E-state index in [1.54, 1.807) is 0 Å². The van der Waals surface area contributed by atoms with Gasteiger partial charge in [0.25, 0.3) is 0 Å².